The summed E-state index contributed by atoms with van der Waals surface area (Å²) >= 11 is 0. The Bertz CT molecular complexity index is 464. The Balaban J connectivity index is 0.00000133. The number of hydrogen-bond acceptors (Lipinski definition) is 3. The zero-order chi connectivity index (χ0) is 12.7. The summed E-state index contributed by atoms with van der Waals surface area (Å²) in [5.41, 5.74) is 2.70. The van der Waals surface area contributed by atoms with Crippen LogP contribution in [0.25, 0.3) is 0 Å². The van der Waals surface area contributed by atoms with Gasteiger partial charge >= 0.3 is 0 Å². The SMILES string of the molecule is COc1ccc(C)c2c1OC[C@H]1[C@H]2CCCN1C.Cl. The van der Waals surface area contributed by atoms with Crippen LogP contribution in [0.2, 0.25) is 0 Å². The Morgan fingerprint density at radius 3 is 2.89 bits per heavy atom. The predicted octanol–water partition coefficient (Wildman–Crippen LogP) is 3.00. The topological polar surface area (TPSA) is 21.7 Å². The molecule has 0 aromatic heterocycles. The van der Waals surface area contributed by atoms with Gasteiger partial charge in [-0.15, -0.1) is 12.4 Å². The van der Waals surface area contributed by atoms with Gasteiger partial charge in [-0.25, -0.2) is 0 Å². The Morgan fingerprint density at radius 1 is 1.37 bits per heavy atom. The number of aryl methyl sites for hydroxylation is 1. The molecule has 0 N–H and O–H groups in total. The number of nitrogens with zero attached hydrogens (tertiary/aromatic N) is 1. The number of fused-ring (bicyclic) bond motifs is 3. The van der Waals surface area contributed by atoms with Gasteiger partial charge in [0.25, 0.3) is 0 Å². The molecule has 1 fully saturated rings. The Hall–Kier alpha value is -0.930. The van der Waals surface area contributed by atoms with Crippen LogP contribution in [0.15, 0.2) is 12.1 Å². The van der Waals surface area contributed by atoms with Crippen LogP contribution in [0, 0.1) is 6.92 Å². The summed E-state index contributed by atoms with van der Waals surface area (Å²) in [7, 11) is 3.92. The minimum atomic E-state index is 0. The van der Waals surface area contributed by atoms with Crippen molar-refractivity contribution in [2.24, 2.45) is 0 Å². The summed E-state index contributed by atoms with van der Waals surface area (Å²) < 4.78 is 11.4. The molecule has 0 spiro atoms. The fourth-order valence-electron chi connectivity index (χ4n) is 3.42. The average Bonchev–Trinajstić information content (AvgIpc) is 2.39. The number of likely N-dealkylation sites (N-methyl/N-ethyl adjacent to an activating group) is 1. The quantitative estimate of drug-likeness (QED) is 0.791. The second-order valence-electron chi connectivity index (χ2n) is 5.44. The van der Waals surface area contributed by atoms with Crippen LogP contribution in [-0.4, -0.2) is 38.3 Å². The van der Waals surface area contributed by atoms with Crippen molar-refractivity contribution < 1.29 is 9.47 Å². The van der Waals surface area contributed by atoms with Crippen LogP contribution in [0.3, 0.4) is 0 Å². The molecule has 3 rings (SSSR count). The molecule has 0 unspecified atom stereocenters. The van der Waals surface area contributed by atoms with Gasteiger partial charge in [0.1, 0.15) is 6.61 Å². The average molecular weight is 284 g/mol. The summed E-state index contributed by atoms with van der Waals surface area (Å²) in [4.78, 5) is 2.44. The van der Waals surface area contributed by atoms with E-state index in [1.165, 1.54) is 30.5 Å². The van der Waals surface area contributed by atoms with E-state index in [0.717, 1.165) is 18.1 Å². The highest BCUT2D eigenvalue weighted by Crippen LogP contribution is 2.46. The molecular formula is C15H22ClNO2. The van der Waals surface area contributed by atoms with Gasteiger partial charge in [-0.3, -0.25) is 4.90 Å². The molecule has 2 heterocycles. The first-order chi connectivity index (χ1) is 8.72. The zero-order valence-electron chi connectivity index (χ0n) is 11.8. The lowest BCUT2D eigenvalue weighted by Crippen LogP contribution is -2.47. The number of methoxy groups -OCH3 is 1. The lowest BCUT2D eigenvalue weighted by molar-refractivity contribution is 0.0844. The number of ether oxygens (including phenoxy) is 2. The van der Waals surface area contributed by atoms with E-state index in [9.17, 15) is 0 Å². The fourth-order valence-corrected chi connectivity index (χ4v) is 3.42. The third-order valence-electron chi connectivity index (χ3n) is 4.42. The van der Waals surface area contributed by atoms with Crippen molar-refractivity contribution >= 4 is 12.4 Å². The van der Waals surface area contributed by atoms with Gasteiger partial charge in [-0.2, -0.15) is 0 Å². The first kappa shape index (κ1) is 14.5. The van der Waals surface area contributed by atoms with Gasteiger partial charge in [0, 0.05) is 11.5 Å². The van der Waals surface area contributed by atoms with E-state index in [-0.39, 0.29) is 12.4 Å². The van der Waals surface area contributed by atoms with Crippen molar-refractivity contribution in [3.63, 3.8) is 0 Å². The van der Waals surface area contributed by atoms with Crippen LogP contribution < -0.4 is 9.47 Å². The summed E-state index contributed by atoms with van der Waals surface area (Å²) in [6.07, 6.45) is 2.53. The molecule has 1 saturated heterocycles. The lowest BCUT2D eigenvalue weighted by atomic mass is 9.80. The summed E-state index contributed by atoms with van der Waals surface area (Å²) in [5, 5.41) is 0. The molecule has 0 aliphatic carbocycles. The van der Waals surface area contributed by atoms with E-state index in [4.69, 9.17) is 9.47 Å². The maximum absolute atomic E-state index is 6.00. The minimum Gasteiger partial charge on any atom is -0.493 e. The minimum absolute atomic E-state index is 0. The highest BCUT2D eigenvalue weighted by atomic mass is 35.5. The molecule has 3 nitrogen and oxygen atoms in total. The van der Waals surface area contributed by atoms with Crippen molar-refractivity contribution in [3.05, 3.63) is 23.3 Å². The van der Waals surface area contributed by atoms with Crippen LogP contribution in [-0.2, 0) is 0 Å². The van der Waals surface area contributed by atoms with Crippen molar-refractivity contribution in [2.45, 2.75) is 31.7 Å². The van der Waals surface area contributed by atoms with Gasteiger partial charge in [-0.05, 0) is 45.0 Å². The maximum atomic E-state index is 6.00. The molecule has 0 radical (unpaired) electrons. The summed E-state index contributed by atoms with van der Waals surface area (Å²) in [5.74, 6) is 2.46. The van der Waals surface area contributed by atoms with Crippen LogP contribution >= 0.6 is 12.4 Å². The molecule has 2 aliphatic heterocycles. The monoisotopic (exact) mass is 283 g/mol. The second kappa shape index (κ2) is 5.59. The molecule has 106 valence electrons. The van der Waals surface area contributed by atoms with Crippen molar-refractivity contribution in [1.29, 1.82) is 0 Å². The summed E-state index contributed by atoms with van der Waals surface area (Å²) in [6, 6.07) is 4.69. The van der Waals surface area contributed by atoms with Gasteiger partial charge in [0.15, 0.2) is 11.5 Å². The van der Waals surface area contributed by atoms with Crippen LogP contribution in [0.1, 0.15) is 29.9 Å². The van der Waals surface area contributed by atoms with E-state index in [0.29, 0.717) is 12.0 Å². The highest BCUT2D eigenvalue weighted by molar-refractivity contribution is 5.85. The molecule has 2 atom stereocenters. The van der Waals surface area contributed by atoms with E-state index in [2.05, 4.69) is 24.9 Å². The molecule has 1 aromatic rings. The number of likely N-dealkylation sites (tertiary alicyclic amines) is 1. The van der Waals surface area contributed by atoms with Crippen molar-refractivity contribution in [3.8, 4) is 11.5 Å². The van der Waals surface area contributed by atoms with E-state index >= 15 is 0 Å². The molecule has 4 heteroatoms. The second-order valence-corrected chi connectivity index (χ2v) is 5.44. The Kier molecular flexibility index (Phi) is 4.26. The van der Waals surface area contributed by atoms with Crippen LogP contribution in [0.4, 0.5) is 0 Å². The molecule has 0 bridgehead atoms. The highest BCUT2D eigenvalue weighted by Gasteiger charge is 2.38. The first-order valence-electron chi connectivity index (χ1n) is 6.73. The standard InChI is InChI=1S/C15H21NO2.ClH/c1-10-6-7-13(17-3)15-14(10)11-5-4-8-16(2)12(11)9-18-15;/h6-7,11-12H,4-5,8-9H2,1-3H3;1H/t11-,12+;/m1./s1. The largest absolute Gasteiger partial charge is 0.493 e. The molecule has 2 aliphatic rings. The summed E-state index contributed by atoms with van der Waals surface area (Å²) in [6.45, 7) is 4.15. The zero-order valence-corrected chi connectivity index (χ0v) is 12.6. The fraction of sp³-hybridized carbons (Fsp3) is 0.600. The van der Waals surface area contributed by atoms with Gasteiger partial charge in [0.05, 0.1) is 13.2 Å². The smallest absolute Gasteiger partial charge is 0.165 e. The Morgan fingerprint density at radius 2 is 2.16 bits per heavy atom. The number of halogens is 1. The van der Waals surface area contributed by atoms with Gasteiger partial charge in [0.2, 0.25) is 0 Å². The van der Waals surface area contributed by atoms with E-state index in [1.807, 2.05) is 6.07 Å². The number of hydrogen-bond donors (Lipinski definition) is 0. The van der Waals surface area contributed by atoms with Crippen LogP contribution in [0.5, 0.6) is 11.5 Å². The molecular weight excluding hydrogens is 262 g/mol. The number of rotatable bonds is 1. The lowest BCUT2D eigenvalue weighted by Gasteiger charge is -2.43. The normalized spacial score (nSPS) is 25.6. The van der Waals surface area contributed by atoms with Crippen molar-refractivity contribution in [2.75, 3.05) is 27.3 Å². The predicted molar refractivity (Wildman–Crippen MR) is 78.9 cm³/mol. The van der Waals surface area contributed by atoms with Crippen molar-refractivity contribution in [1.82, 2.24) is 4.90 Å². The van der Waals surface area contributed by atoms with Gasteiger partial charge < -0.3 is 9.47 Å². The molecule has 1 aromatic carbocycles. The van der Waals surface area contributed by atoms with E-state index in [1.54, 1.807) is 7.11 Å². The number of piperidine rings is 1. The third-order valence-corrected chi connectivity index (χ3v) is 4.42. The first-order valence-corrected chi connectivity index (χ1v) is 6.73. The third kappa shape index (κ3) is 2.30. The van der Waals surface area contributed by atoms with E-state index < -0.39 is 0 Å². The molecule has 19 heavy (non-hydrogen) atoms. The Labute approximate surface area is 121 Å². The maximum Gasteiger partial charge on any atom is 0.165 e. The molecule has 0 saturated carbocycles. The molecule has 0 amide bonds. The van der Waals surface area contributed by atoms with Gasteiger partial charge in [-0.1, -0.05) is 6.07 Å². The number of benzene rings is 1.